The molecule has 7 nitrogen and oxygen atoms in total. The summed E-state index contributed by atoms with van der Waals surface area (Å²) in [4.78, 5) is 14.4. The van der Waals surface area contributed by atoms with Crippen LogP contribution in [0.5, 0.6) is 0 Å². The molecule has 1 aliphatic heterocycles. The molecule has 146 valence electrons. The molecule has 3 heterocycles. The lowest BCUT2D eigenvalue weighted by molar-refractivity contribution is -0.153. The van der Waals surface area contributed by atoms with Crippen molar-refractivity contribution in [2.24, 2.45) is 11.3 Å². The van der Waals surface area contributed by atoms with Crippen molar-refractivity contribution in [2.45, 2.75) is 39.3 Å². The van der Waals surface area contributed by atoms with E-state index < -0.39 is 17.4 Å². The number of hydrogen-bond acceptors (Lipinski definition) is 6. The van der Waals surface area contributed by atoms with Crippen LogP contribution in [0, 0.1) is 25.2 Å². The Labute approximate surface area is 153 Å². The fourth-order valence-electron chi connectivity index (χ4n) is 4.58. The number of fused-ring (bicyclic) bond motifs is 2. The van der Waals surface area contributed by atoms with E-state index in [0.717, 1.165) is 29.3 Å². The number of alkyl halides is 3. The Balaban J connectivity index is 1.81. The molecule has 0 aromatic carbocycles. The minimum atomic E-state index is -4.65. The summed E-state index contributed by atoms with van der Waals surface area (Å²) < 4.78 is 45.6. The van der Waals surface area contributed by atoms with Crippen molar-refractivity contribution in [1.29, 1.82) is 0 Å². The first-order chi connectivity index (χ1) is 12.7. The average Bonchev–Trinajstić information content (AvgIpc) is 3.28. The quantitative estimate of drug-likeness (QED) is 0.742. The van der Waals surface area contributed by atoms with Gasteiger partial charge in [-0.25, -0.2) is 0 Å². The van der Waals surface area contributed by atoms with Crippen LogP contribution in [0.3, 0.4) is 0 Å². The fraction of sp³-hybridized carbons (Fsp3) is 0.647. The van der Waals surface area contributed by atoms with E-state index in [9.17, 15) is 18.0 Å². The smallest absolute Gasteiger partial charge is 0.453 e. The normalized spacial score (nSPS) is 25.3. The topological polar surface area (TPSA) is 72.6 Å². The van der Waals surface area contributed by atoms with E-state index in [1.165, 1.54) is 7.11 Å². The van der Waals surface area contributed by atoms with E-state index in [2.05, 4.69) is 15.3 Å². The van der Waals surface area contributed by atoms with Crippen LogP contribution < -0.4 is 4.90 Å². The van der Waals surface area contributed by atoms with Gasteiger partial charge in [0.2, 0.25) is 0 Å². The van der Waals surface area contributed by atoms with Gasteiger partial charge in [-0.15, -0.1) is 15.3 Å². The van der Waals surface area contributed by atoms with Crippen molar-refractivity contribution in [3.05, 3.63) is 17.0 Å². The number of anilines is 1. The monoisotopic (exact) mass is 383 g/mol. The van der Waals surface area contributed by atoms with Crippen LogP contribution in [0.25, 0.3) is 5.65 Å². The Morgan fingerprint density at radius 2 is 2.00 bits per heavy atom. The largest absolute Gasteiger partial charge is 0.469 e. The number of hydrogen-bond donors (Lipinski definition) is 0. The van der Waals surface area contributed by atoms with Crippen LogP contribution >= 0.6 is 0 Å². The number of methoxy groups -OCH3 is 1. The maximum atomic E-state index is 13.3. The number of rotatable bonds is 2. The number of esters is 1. The lowest BCUT2D eigenvalue weighted by atomic mass is 9.81. The van der Waals surface area contributed by atoms with Gasteiger partial charge >= 0.3 is 12.1 Å². The second-order valence-electron chi connectivity index (χ2n) is 7.45. The molecular formula is C17H20F3N5O2. The molecule has 2 aromatic rings. The van der Waals surface area contributed by atoms with Gasteiger partial charge in [-0.2, -0.15) is 17.7 Å². The van der Waals surface area contributed by atoms with Crippen molar-refractivity contribution in [3.63, 3.8) is 0 Å². The molecule has 0 spiro atoms. The molecular weight excluding hydrogens is 363 g/mol. The van der Waals surface area contributed by atoms with Gasteiger partial charge in [0.15, 0.2) is 11.5 Å². The summed E-state index contributed by atoms with van der Waals surface area (Å²) in [5, 5.41) is 11.2. The molecule has 27 heavy (non-hydrogen) atoms. The maximum Gasteiger partial charge on any atom is 0.453 e. The Morgan fingerprint density at radius 1 is 1.26 bits per heavy atom. The Bertz CT molecular complexity index is 925. The van der Waals surface area contributed by atoms with E-state index in [4.69, 9.17) is 4.74 Å². The number of carbonyl (C=O) groups is 1. The zero-order valence-electron chi connectivity index (χ0n) is 15.3. The number of aryl methyl sites for hydroxylation is 1. The van der Waals surface area contributed by atoms with Gasteiger partial charge in [-0.1, -0.05) is 6.42 Å². The van der Waals surface area contributed by atoms with Crippen molar-refractivity contribution in [2.75, 3.05) is 25.1 Å². The first-order valence-electron chi connectivity index (χ1n) is 8.82. The highest BCUT2D eigenvalue weighted by Gasteiger charge is 2.56. The zero-order valence-corrected chi connectivity index (χ0v) is 15.3. The minimum absolute atomic E-state index is 0.0886. The number of ether oxygens (including phenoxy) is 1. The van der Waals surface area contributed by atoms with Crippen molar-refractivity contribution in [3.8, 4) is 0 Å². The highest BCUT2D eigenvalue weighted by atomic mass is 19.4. The van der Waals surface area contributed by atoms with Crippen LogP contribution in [-0.2, 0) is 15.7 Å². The second-order valence-corrected chi connectivity index (χ2v) is 7.45. The standard InChI is InChI=1S/C17H20F3N5O2/c1-9-10(2)13(23-25-12(9)21-22-14(25)17(18,19)20)24-7-11-5-4-6-16(11,8-24)15(26)27-3/h11H,4-8H2,1-3H3. The molecule has 0 amide bonds. The number of carbonyl (C=O) groups excluding carboxylic acids is 1. The van der Waals surface area contributed by atoms with Crippen LogP contribution in [0.2, 0.25) is 0 Å². The Kier molecular flexibility index (Phi) is 3.87. The summed E-state index contributed by atoms with van der Waals surface area (Å²) in [7, 11) is 1.38. The number of nitrogens with zero attached hydrogens (tertiary/aromatic N) is 5. The molecule has 0 bridgehead atoms. The van der Waals surface area contributed by atoms with Gasteiger partial charge in [0.25, 0.3) is 5.82 Å². The molecule has 10 heteroatoms. The van der Waals surface area contributed by atoms with Gasteiger partial charge in [-0.05, 0) is 32.6 Å². The van der Waals surface area contributed by atoms with E-state index in [0.29, 0.717) is 24.5 Å². The first kappa shape index (κ1) is 18.0. The van der Waals surface area contributed by atoms with E-state index >= 15 is 0 Å². The zero-order chi connectivity index (χ0) is 19.6. The van der Waals surface area contributed by atoms with E-state index in [1.807, 2.05) is 4.90 Å². The summed E-state index contributed by atoms with van der Waals surface area (Å²) in [6.45, 7) is 4.47. The Hall–Kier alpha value is -2.39. The average molecular weight is 383 g/mol. The molecule has 2 aliphatic rings. The predicted molar refractivity (Wildman–Crippen MR) is 89.3 cm³/mol. The fourth-order valence-corrected chi connectivity index (χ4v) is 4.58. The third kappa shape index (κ3) is 2.49. The van der Waals surface area contributed by atoms with Gasteiger partial charge in [0.05, 0.1) is 12.5 Å². The molecule has 1 saturated heterocycles. The third-order valence-electron chi connectivity index (χ3n) is 6.08. The van der Waals surface area contributed by atoms with Crippen LogP contribution in [0.4, 0.5) is 19.0 Å². The maximum absolute atomic E-state index is 13.3. The lowest BCUT2D eigenvalue weighted by Crippen LogP contribution is -2.37. The first-order valence-corrected chi connectivity index (χ1v) is 8.82. The van der Waals surface area contributed by atoms with Crippen LogP contribution in [0.15, 0.2) is 0 Å². The molecule has 2 unspecified atom stereocenters. The van der Waals surface area contributed by atoms with Crippen LogP contribution in [-0.4, -0.2) is 46.0 Å². The number of aromatic nitrogens is 4. The highest BCUT2D eigenvalue weighted by molar-refractivity contribution is 5.80. The molecule has 0 N–H and O–H groups in total. The minimum Gasteiger partial charge on any atom is -0.469 e. The van der Waals surface area contributed by atoms with E-state index in [1.54, 1.807) is 13.8 Å². The lowest BCUT2D eigenvalue weighted by Gasteiger charge is -2.26. The van der Waals surface area contributed by atoms with Crippen LogP contribution in [0.1, 0.15) is 36.2 Å². The second kappa shape index (κ2) is 5.80. The highest BCUT2D eigenvalue weighted by Crippen LogP contribution is 2.50. The summed E-state index contributed by atoms with van der Waals surface area (Å²) in [5.74, 6) is -0.847. The summed E-state index contributed by atoms with van der Waals surface area (Å²) in [6, 6.07) is 0. The molecule has 2 atom stereocenters. The molecule has 2 aromatic heterocycles. The molecule has 1 saturated carbocycles. The van der Waals surface area contributed by atoms with Gasteiger partial charge in [0, 0.05) is 24.2 Å². The van der Waals surface area contributed by atoms with Gasteiger partial charge in [-0.3, -0.25) is 4.79 Å². The van der Waals surface area contributed by atoms with Gasteiger partial charge in [0.1, 0.15) is 0 Å². The summed E-state index contributed by atoms with van der Waals surface area (Å²) in [5.41, 5.74) is 0.813. The summed E-state index contributed by atoms with van der Waals surface area (Å²) >= 11 is 0. The predicted octanol–water partition coefficient (Wildman–Crippen LogP) is 2.54. The van der Waals surface area contributed by atoms with Crippen molar-refractivity contribution < 1.29 is 22.7 Å². The van der Waals surface area contributed by atoms with Gasteiger partial charge < -0.3 is 9.64 Å². The molecule has 4 rings (SSSR count). The van der Waals surface area contributed by atoms with Crippen molar-refractivity contribution in [1.82, 2.24) is 19.8 Å². The molecule has 1 aliphatic carbocycles. The summed E-state index contributed by atoms with van der Waals surface area (Å²) in [6.07, 6.45) is -2.09. The number of halogens is 3. The third-order valence-corrected chi connectivity index (χ3v) is 6.08. The Morgan fingerprint density at radius 3 is 2.67 bits per heavy atom. The van der Waals surface area contributed by atoms with E-state index in [-0.39, 0.29) is 17.5 Å². The molecule has 2 fully saturated rings. The molecule has 0 radical (unpaired) electrons. The van der Waals surface area contributed by atoms with Crippen molar-refractivity contribution >= 4 is 17.4 Å². The SMILES string of the molecule is COC(=O)C12CCCC1CN(c1nn3c(C(F)(F)F)nnc3c(C)c1C)C2.